The number of fused-ring (bicyclic) bond motifs is 1. The van der Waals surface area contributed by atoms with Crippen LogP contribution in [0.1, 0.15) is 38.8 Å². The van der Waals surface area contributed by atoms with Crippen molar-refractivity contribution >= 4 is 23.0 Å². The summed E-state index contributed by atoms with van der Waals surface area (Å²) in [6.45, 7) is 6.31. The highest BCUT2D eigenvalue weighted by molar-refractivity contribution is 7.80. The molecule has 0 radical (unpaired) electrons. The van der Waals surface area contributed by atoms with E-state index < -0.39 is 70.9 Å². The van der Waals surface area contributed by atoms with Gasteiger partial charge in [-0.25, -0.2) is 0 Å². The summed E-state index contributed by atoms with van der Waals surface area (Å²) in [5.74, 6) is -2.04. The van der Waals surface area contributed by atoms with E-state index in [1.54, 1.807) is 27.7 Å². The number of benzene rings is 1. The van der Waals surface area contributed by atoms with Gasteiger partial charge < -0.3 is 39.4 Å². The normalized spacial score (nSPS) is 32.8. The van der Waals surface area contributed by atoms with Crippen LogP contribution in [-0.2, 0) is 36.0 Å². The second-order valence-corrected chi connectivity index (χ2v) is 10.4. The second-order valence-electron chi connectivity index (χ2n) is 9.94. The monoisotopic (exact) mass is 560 g/mol. The van der Waals surface area contributed by atoms with Crippen molar-refractivity contribution in [1.29, 1.82) is 0 Å². The summed E-state index contributed by atoms with van der Waals surface area (Å²) >= 11 is 5.10. The van der Waals surface area contributed by atoms with E-state index in [0.29, 0.717) is 12.1 Å². The van der Waals surface area contributed by atoms with E-state index in [9.17, 15) is 31.4 Å². The molecule has 8 nitrogen and oxygen atoms in total. The average Bonchev–Trinajstić information content (AvgIpc) is 3.34. The fourth-order valence-electron chi connectivity index (χ4n) is 4.49. The van der Waals surface area contributed by atoms with Crippen molar-refractivity contribution in [3.8, 4) is 0 Å². The fourth-order valence-corrected chi connectivity index (χ4v) is 4.68. The Morgan fingerprint density at radius 3 is 2.05 bits per heavy atom. The smallest absolute Gasteiger partial charge is 0.382 e. The summed E-state index contributed by atoms with van der Waals surface area (Å²) in [5.41, 5.74) is -5.38. The van der Waals surface area contributed by atoms with Gasteiger partial charge in [0.2, 0.25) is 0 Å². The summed E-state index contributed by atoms with van der Waals surface area (Å²) in [6.07, 6.45) is -13.8. The van der Waals surface area contributed by atoms with Gasteiger partial charge in [-0.15, -0.1) is 0 Å². The molecule has 37 heavy (non-hydrogen) atoms. The van der Waals surface area contributed by atoms with E-state index >= 15 is 0 Å². The molecule has 3 saturated heterocycles. The molecule has 3 N–H and O–H groups in total. The number of ether oxygens (including phenoxy) is 5. The standard InChI is InChI=1S/C22H26F6N2O6S/c1-18(2)32-8-13(34-18)14-20(31,15-16(33-14)36-19(3,4)35-15)9-29-17(37)30-12-6-10(21(23,24)25)5-11(7-12)22(26,27)28/h5-7,13-16,31H,8-9H2,1-4H3,(H2,29,30,37)/t13-,14-,15+,16-,20?/m1/s1. The maximum Gasteiger partial charge on any atom is 0.416 e. The van der Waals surface area contributed by atoms with Crippen molar-refractivity contribution in [2.45, 2.75) is 81.8 Å². The molecule has 1 aromatic rings. The molecule has 3 aliphatic heterocycles. The van der Waals surface area contributed by atoms with Gasteiger partial charge in [0, 0.05) is 5.69 Å². The van der Waals surface area contributed by atoms with Crippen LogP contribution in [0, 0.1) is 0 Å². The quantitative estimate of drug-likeness (QED) is 0.376. The van der Waals surface area contributed by atoms with Crippen LogP contribution in [0.15, 0.2) is 18.2 Å². The highest BCUT2D eigenvalue weighted by Crippen LogP contribution is 2.46. The second kappa shape index (κ2) is 9.17. The van der Waals surface area contributed by atoms with Gasteiger partial charge in [-0.2, -0.15) is 26.3 Å². The van der Waals surface area contributed by atoms with Crippen LogP contribution in [0.25, 0.3) is 0 Å². The highest BCUT2D eigenvalue weighted by Gasteiger charge is 2.66. The molecule has 4 rings (SSSR count). The lowest BCUT2D eigenvalue weighted by Gasteiger charge is -2.36. The number of halogens is 6. The van der Waals surface area contributed by atoms with Crippen molar-refractivity contribution < 1.29 is 55.1 Å². The maximum atomic E-state index is 13.2. The van der Waals surface area contributed by atoms with Gasteiger partial charge in [0.15, 0.2) is 23.0 Å². The zero-order valence-corrected chi connectivity index (χ0v) is 20.9. The van der Waals surface area contributed by atoms with Crippen molar-refractivity contribution in [2.24, 2.45) is 0 Å². The van der Waals surface area contributed by atoms with E-state index in [0.717, 1.165) is 0 Å². The van der Waals surface area contributed by atoms with Gasteiger partial charge >= 0.3 is 12.4 Å². The Labute approximate surface area is 213 Å². The van der Waals surface area contributed by atoms with Gasteiger partial charge in [0.05, 0.1) is 24.3 Å². The SMILES string of the molecule is CC1(C)OC[C@H]([C@H]2O[C@@H]3OC(C)(C)O[C@@H]3C2(O)CNC(=S)Nc2cc(C(F)(F)F)cc(C(F)(F)F)c2)O1. The average molecular weight is 561 g/mol. The molecule has 0 bridgehead atoms. The first-order valence-corrected chi connectivity index (χ1v) is 11.6. The molecule has 3 fully saturated rings. The van der Waals surface area contributed by atoms with Crippen molar-refractivity contribution in [3.05, 3.63) is 29.3 Å². The summed E-state index contributed by atoms with van der Waals surface area (Å²) in [6, 6.07) is 1.00. The number of hydrogen-bond donors (Lipinski definition) is 3. The number of hydrogen-bond acceptors (Lipinski definition) is 7. The molecule has 0 aromatic heterocycles. The third-order valence-electron chi connectivity index (χ3n) is 6.07. The topological polar surface area (TPSA) is 90.4 Å². The third-order valence-corrected chi connectivity index (χ3v) is 6.32. The third kappa shape index (κ3) is 5.97. The van der Waals surface area contributed by atoms with Gasteiger partial charge in [-0.05, 0) is 58.1 Å². The molecule has 208 valence electrons. The number of thiocarbonyl (C=S) groups is 1. The fraction of sp³-hybridized carbons (Fsp3) is 0.682. The molecule has 0 aliphatic carbocycles. The molecule has 1 unspecified atom stereocenters. The summed E-state index contributed by atoms with van der Waals surface area (Å²) in [4.78, 5) is 0. The van der Waals surface area contributed by atoms with Crippen LogP contribution in [0.2, 0.25) is 0 Å². The minimum Gasteiger partial charge on any atom is -0.382 e. The van der Waals surface area contributed by atoms with Crippen LogP contribution < -0.4 is 10.6 Å². The zero-order chi connectivity index (χ0) is 27.6. The predicted molar refractivity (Wildman–Crippen MR) is 119 cm³/mol. The molecule has 1 aromatic carbocycles. The van der Waals surface area contributed by atoms with Gasteiger partial charge in [-0.1, -0.05) is 0 Å². The Hall–Kier alpha value is -1.75. The van der Waals surface area contributed by atoms with Crippen LogP contribution in [0.4, 0.5) is 32.0 Å². The Morgan fingerprint density at radius 2 is 1.54 bits per heavy atom. The van der Waals surface area contributed by atoms with E-state index in [1.165, 1.54) is 0 Å². The van der Waals surface area contributed by atoms with E-state index in [4.69, 9.17) is 35.9 Å². The first kappa shape index (κ1) is 28.3. The Bertz CT molecular complexity index is 1020. The molecular weight excluding hydrogens is 534 g/mol. The molecule has 3 heterocycles. The molecular formula is C22H26F6N2O6S. The zero-order valence-electron chi connectivity index (χ0n) is 20.1. The number of nitrogens with one attached hydrogen (secondary N) is 2. The maximum absolute atomic E-state index is 13.2. The van der Waals surface area contributed by atoms with Crippen molar-refractivity contribution in [2.75, 3.05) is 18.5 Å². The number of aliphatic hydroxyl groups is 1. The van der Waals surface area contributed by atoms with Crippen LogP contribution >= 0.6 is 12.2 Å². The Balaban J connectivity index is 1.52. The van der Waals surface area contributed by atoms with Crippen molar-refractivity contribution in [3.63, 3.8) is 0 Å². The minimum atomic E-state index is -5.02. The lowest BCUT2D eigenvalue weighted by Crippen LogP contribution is -2.60. The number of anilines is 1. The largest absolute Gasteiger partial charge is 0.416 e. The predicted octanol–water partition coefficient (Wildman–Crippen LogP) is 3.77. The number of rotatable bonds is 4. The van der Waals surface area contributed by atoms with E-state index in [1.807, 2.05) is 0 Å². The first-order chi connectivity index (χ1) is 16.8. The van der Waals surface area contributed by atoms with Crippen LogP contribution in [-0.4, -0.2) is 65.1 Å². The van der Waals surface area contributed by atoms with Crippen LogP contribution in [0.5, 0.6) is 0 Å². The molecule has 15 heteroatoms. The lowest BCUT2D eigenvalue weighted by molar-refractivity contribution is -0.247. The Kier molecular flexibility index (Phi) is 7.01. The number of alkyl halides is 6. The van der Waals surface area contributed by atoms with Gasteiger partial charge in [0.1, 0.15) is 23.9 Å². The summed E-state index contributed by atoms with van der Waals surface area (Å²) < 4.78 is 108. The summed E-state index contributed by atoms with van der Waals surface area (Å²) in [7, 11) is 0. The molecule has 0 saturated carbocycles. The first-order valence-electron chi connectivity index (χ1n) is 11.2. The molecule has 3 aliphatic rings. The van der Waals surface area contributed by atoms with Crippen LogP contribution in [0.3, 0.4) is 0 Å². The van der Waals surface area contributed by atoms with Crippen molar-refractivity contribution in [1.82, 2.24) is 5.32 Å². The molecule has 0 amide bonds. The lowest BCUT2D eigenvalue weighted by atomic mass is 9.89. The highest BCUT2D eigenvalue weighted by atomic mass is 32.1. The van der Waals surface area contributed by atoms with Gasteiger partial charge in [-0.3, -0.25) is 0 Å². The van der Waals surface area contributed by atoms with E-state index in [2.05, 4.69) is 10.6 Å². The van der Waals surface area contributed by atoms with Gasteiger partial charge in [0.25, 0.3) is 0 Å². The molecule has 5 atom stereocenters. The summed E-state index contributed by atoms with van der Waals surface area (Å²) in [5, 5.41) is 16.3. The Morgan fingerprint density at radius 1 is 0.946 bits per heavy atom. The van der Waals surface area contributed by atoms with E-state index in [-0.39, 0.29) is 24.3 Å². The minimum absolute atomic E-state index is 0.00925. The molecule has 0 spiro atoms.